The van der Waals surface area contributed by atoms with Crippen LogP contribution in [-0.2, 0) is 5.41 Å². The van der Waals surface area contributed by atoms with E-state index in [1.165, 1.54) is 43.2 Å². The molecule has 2 rings (SSSR count). The predicted molar refractivity (Wildman–Crippen MR) is 81.2 cm³/mol. The number of benzene rings is 1. The number of likely N-dealkylation sites (N-methyl/N-ethyl adjacent to an activating group) is 1. The fourth-order valence-corrected chi connectivity index (χ4v) is 3.04. The van der Waals surface area contributed by atoms with Crippen LogP contribution in [0.5, 0.6) is 0 Å². The predicted octanol–water partition coefficient (Wildman–Crippen LogP) is 4.44. The van der Waals surface area contributed by atoms with Gasteiger partial charge in [0.2, 0.25) is 0 Å². The normalized spacial score (nSPS) is 17.8. The highest BCUT2D eigenvalue weighted by Crippen LogP contribution is 2.38. The van der Waals surface area contributed by atoms with E-state index >= 15 is 0 Å². The van der Waals surface area contributed by atoms with Crippen molar-refractivity contribution in [3.63, 3.8) is 0 Å². The first-order valence-electron chi connectivity index (χ1n) is 7.49. The van der Waals surface area contributed by atoms with Crippen LogP contribution in [0, 0.1) is 6.92 Å². The van der Waals surface area contributed by atoms with Gasteiger partial charge in [-0.05, 0) is 32.4 Å². The molecule has 0 unspecified atom stereocenters. The van der Waals surface area contributed by atoms with Crippen LogP contribution in [0.2, 0.25) is 0 Å². The average molecular weight is 247 g/mol. The summed E-state index contributed by atoms with van der Waals surface area (Å²) in [5, 5.41) is 3.39. The van der Waals surface area contributed by atoms with Crippen molar-refractivity contribution in [1.29, 1.82) is 0 Å². The van der Waals surface area contributed by atoms with E-state index in [-0.39, 0.29) is 0 Å². The number of nitrogens with one attached hydrogen (secondary N) is 1. The molecule has 1 N–H and O–H groups in total. The van der Waals surface area contributed by atoms with Gasteiger partial charge in [0.05, 0.1) is 0 Å². The summed E-state index contributed by atoms with van der Waals surface area (Å²) < 4.78 is 0. The molecule has 1 aromatic rings. The largest absolute Gasteiger partial charge is 0.319 e. The lowest BCUT2D eigenvalue weighted by molar-refractivity contribution is 0.286. The minimum Gasteiger partial charge on any atom is -0.319 e. The second-order valence-electron chi connectivity index (χ2n) is 5.24. The number of aryl methyl sites for hydroxylation is 1. The van der Waals surface area contributed by atoms with Gasteiger partial charge in [-0.2, -0.15) is 0 Å². The number of hydrogen-bond acceptors (Lipinski definition) is 1. The Labute approximate surface area is 113 Å². The highest BCUT2D eigenvalue weighted by Gasteiger charge is 2.32. The van der Waals surface area contributed by atoms with E-state index in [1.54, 1.807) is 0 Å². The van der Waals surface area contributed by atoms with Gasteiger partial charge in [-0.3, -0.25) is 0 Å². The van der Waals surface area contributed by atoms with E-state index in [1.807, 2.05) is 13.8 Å². The Hall–Kier alpha value is -0.820. The van der Waals surface area contributed by atoms with Crippen molar-refractivity contribution in [3.8, 4) is 0 Å². The van der Waals surface area contributed by atoms with Gasteiger partial charge >= 0.3 is 0 Å². The first-order valence-corrected chi connectivity index (χ1v) is 7.49. The molecule has 0 saturated heterocycles. The van der Waals surface area contributed by atoms with Crippen molar-refractivity contribution in [1.82, 2.24) is 5.32 Å². The molecule has 1 saturated carbocycles. The zero-order valence-electron chi connectivity index (χ0n) is 12.6. The molecule has 0 bridgehead atoms. The monoisotopic (exact) mass is 247 g/mol. The zero-order valence-corrected chi connectivity index (χ0v) is 12.6. The molecule has 1 aliphatic carbocycles. The van der Waals surface area contributed by atoms with Gasteiger partial charge < -0.3 is 5.32 Å². The molecule has 0 aliphatic heterocycles. The van der Waals surface area contributed by atoms with E-state index in [2.05, 4.69) is 43.6 Å². The van der Waals surface area contributed by atoms with Crippen LogP contribution in [-0.4, -0.2) is 13.6 Å². The van der Waals surface area contributed by atoms with Crippen molar-refractivity contribution in [2.24, 2.45) is 0 Å². The van der Waals surface area contributed by atoms with Gasteiger partial charge in [0.1, 0.15) is 0 Å². The number of rotatable bonds is 3. The Bertz CT molecular complexity index is 314. The molecule has 1 aliphatic rings. The van der Waals surface area contributed by atoms with Crippen LogP contribution in [0.4, 0.5) is 0 Å². The summed E-state index contributed by atoms with van der Waals surface area (Å²) in [6.07, 6.45) is 6.87. The van der Waals surface area contributed by atoms with Crippen molar-refractivity contribution < 1.29 is 0 Å². The Morgan fingerprint density at radius 1 is 1.00 bits per heavy atom. The van der Waals surface area contributed by atoms with Crippen molar-refractivity contribution in [2.45, 2.75) is 58.3 Å². The molecule has 0 amide bonds. The van der Waals surface area contributed by atoms with E-state index < -0.39 is 0 Å². The summed E-state index contributed by atoms with van der Waals surface area (Å²) in [5.74, 6) is 0. The van der Waals surface area contributed by atoms with E-state index in [9.17, 15) is 0 Å². The molecule has 0 radical (unpaired) electrons. The summed E-state index contributed by atoms with van der Waals surface area (Å²) >= 11 is 0. The fourth-order valence-electron chi connectivity index (χ4n) is 3.04. The quantitative estimate of drug-likeness (QED) is 0.832. The highest BCUT2D eigenvalue weighted by atomic mass is 14.8. The summed E-state index contributed by atoms with van der Waals surface area (Å²) in [6, 6.07) is 9.17. The first-order chi connectivity index (χ1) is 8.77. The van der Waals surface area contributed by atoms with Crippen LogP contribution in [0.25, 0.3) is 0 Å². The molecular formula is C17H29N. The Morgan fingerprint density at radius 2 is 1.56 bits per heavy atom. The Morgan fingerprint density at radius 3 is 2.06 bits per heavy atom. The molecule has 102 valence electrons. The SMILES string of the molecule is CC.CNCC1(c2ccc(C)cc2)CCCCC1. The van der Waals surface area contributed by atoms with Crippen molar-refractivity contribution in [3.05, 3.63) is 35.4 Å². The van der Waals surface area contributed by atoms with Gasteiger partial charge in [-0.15, -0.1) is 0 Å². The molecule has 1 aromatic carbocycles. The van der Waals surface area contributed by atoms with Crippen LogP contribution in [0.15, 0.2) is 24.3 Å². The third-order valence-corrected chi connectivity index (χ3v) is 3.99. The maximum absolute atomic E-state index is 3.39. The molecule has 1 fully saturated rings. The van der Waals surface area contributed by atoms with Gasteiger partial charge in [0.25, 0.3) is 0 Å². The second kappa shape index (κ2) is 7.58. The summed E-state index contributed by atoms with van der Waals surface area (Å²) in [4.78, 5) is 0. The standard InChI is InChI=1S/C15H23N.C2H6/c1-13-6-8-14(9-7-13)15(12-16-2)10-4-3-5-11-15;1-2/h6-9,16H,3-5,10-12H2,1-2H3;1-2H3. The Kier molecular flexibility index (Phi) is 6.42. The van der Waals surface area contributed by atoms with E-state index in [0.717, 1.165) is 6.54 Å². The molecular weight excluding hydrogens is 218 g/mol. The second-order valence-corrected chi connectivity index (χ2v) is 5.24. The maximum Gasteiger partial charge on any atom is 0.00776 e. The lowest BCUT2D eigenvalue weighted by Gasteiger charge is -2.38. The molecule has 1 nitrogen and oxygen atoms in total. The third-order valence-electron chi connectivity index (χ3n) is 3.99. The zero-order chi connectivity index (χ0) is 13.4. The first kappa shape index (κ1) is 15.2. The molecule has 0 heterocycles. The van der Waals surface area contributed by atoms with E-state index in [4.69, 9.17) is 0 Å². The van der Waals surface area contributed by atoms with Crippen LogP contribution >= 0.6 is 0 Å². The van der Waals surface area contributed by atoms with E-state index in [0.29, 0.717) is 5.41 Å². The Balaban J connectivity index is 0.000000771. The third kappa shape index (κ3) is 3.58. The van der Waals surface area contributed by atoms with Gasteiger partial charge in [-0.25, -0.2) is 0 Å². The van der Waals surface area contributed by atoms with Crippen LogP contribution < -0.4 is 5.32 Å². The molecule has 1 heteroatoms. The topological polar surface area (TPSA) is 12.0 Å². The van der Waals surface area contributed by atoms with Gasteiger partial charge in [-0.1, -0.05) is 62.9 Å². The lowest BCUT2D eigenvalue weighted by Crippen LogP contribution is -2.38. The van der Waals surface area contributed by atoms with Crippen molar-refractivity contribution in [2.75, 3.05) is 13.6 Å². The maximum atomic E-state index is 3.39. The van der Waals surface area contributed by atoms with Crippen LogP contribution in [0.1, 0.15) is 57.1 Å². The molecule has 18 heavy (non-hydrogen) atoms. The molecule has 0 aromatic heterocycles. The van der Waals surface area contributed by atoms with Gasteiger partial charge in [0.15, 0.2) is 0 Å². The summed E-state index contributed by atoms with van der Waals surface area (Å²) in [6.45, 7) is 7.28. The van der Waals surface area contributed by atoms with Crippen molar-refractivity contribution >= 4 is 0 Å². The number of hydrogen-bond donors (Lipinski definition) is 1. The summed E-state index contributed by atoms with van der Waals surface area (Å²) in [7, 11) is 2.07. The molecule has 0 atom stereocenters. The van der Waals surface area contributed by atoms with Crippen LogP contribution in [0.3, 0.4) is 0 Å². The fraction of sp³-hybridized carbons (Fsp3) is 0.647. The van der Waals surface area contributed by atoms with Gasteiger partial charge in [0, 0.05) is 12.0 Å². The highest BCUT2D eigenvalue weighted by molar-refractivity contribution is 5.29. The summed E-state index contributed by atoms with van der Waals surface area (Å²) in [5.41, 5.74) is 3.30. The molecule has 0 spiro atoms. The smallest absolute Gasteiger partial charge is 0.00776 e. The lowest BCUT2D eigenvalue weighted by atomic mass is 9.69. The minimum atomic E-state index is 0.403. The minimum absolute atomic E-state index is 0.403. The average Bonchev–Trinajstić information content (AvgIpc) is 2.43.